The molecule has 1 aliphatic carbocycles. The summed E-state index contributed by atoms with van der Waals surface area (Å²) in [5, 5.41) is 3.05. The molecule has 1 saturated carbocycles. The fourth-order valence-corrected chi connectivity index (χ4v) is 2.46. The Hall–Kier alpha value is -1.36. The molecule has 1 heterocycles. The van der Waals surface area contributed by atoms with Crippen LogP contribution in [-0.4, -0.2) is 9.78 Å². The minimum absolute atomic E-state index is 0.169. The van der Waals surface area contributed by atoms with E-state index < -0.39 is 0 Å². The van der Waals surface area contributed by atoms with Gasteiger partial charge in [0.05, 0.1) is 11.4 Å². The van der Waals surface area contributed by atoms with Crippen molar-refractivity contribution < 1.29 is 4.39 Å². The largest absolute Gasteiger partial charge is 0.294 e. The molecule has 0 spiro atoms. The van der Waals surface area contributed by atoms with Gasteiger partial charge in [0.15, 0.2) is 0 Å². The zero-order chi connectivity index (χ0) is 12.0. The first-order valence-corrected chi connectivity index (χ1v) is 6.22. The lowest BCUT2D eigenvalue weighted by molar-refractivity contribution is 0.625. The predicted molar refractivity (Wildman–Crippen MR) is 66.0 cm³/mol. The third kappa shape index (κ3) is 1.84. The number of aromatic nitrogens is 2. The quantitative estimate of drug-likeness (QED) is 0.909. The first kappa shape index (κ1) is 10.8. The lowest BCUT2D eigenvalue weighted by Gasteiger charge is -2.01. The smallest absolute Gasteiger partial charge is 0.285 e. The van der Waals surface area contributed by atoms with E-state index in [1.807, 2.05) is 0 Å². The molecule has 0 radical (unpaired) electrons. The zero-order valence-electron chi connectivity index (χ0n) is 8.91. The van der Waals surface area contributed by atoms with Gasteiger partial charge in [-0.15, -0.1) is 0 Å². The van der Waals surface area contributed by atoms with Gasteiger partial charge in [-0.25, -0.2) is 9.07 Å². The Morgan fingerprint density at radius 3 is 2.82 bits per heavy atom. The number of hydrogen-bond donors (Lipinski definition) is 1. The molecular formula is C12H10BrFN2O. The van der Waals surface area contributed by atoms with Gasteiger partial charge in [-0.3, -0.25) is 9.89 Å². The van der Waals surface area contributed by atoms with Crippen LogP contribution in [-0.2, 0) is 0 Å². The third-order valence-corrected chi connectivity index (χ3v) is 3.68. The van der Waals surface area contributed by atoms with Crippen LogP contribution in [0.25, 0.3) is 5.69 Å². The molecular weight excluding hydrogens is 287 g/mol. The summed E-state index contributed by atoms with van der Waals surface area (Å²) in [4.78, 5) is 12.0. The Labute approximate surface area is 105 Å². The van der Waals surface area contributed by atoms with Crippen LogP contribution in [0, 0.1) is 5.82 Å². The highest BCUT2D eigenvalue weighted by Gasteiger charge is 2.29. The van der Waals surface area contributed by atoms with Gasteiger partial charge in [0.25, 0.3) is 5.56 Å². The molecule has 5 heteroatoms. The maximum absolute atomic E-state index is 13.1. The molecule has 0 aliphatic heterocycles. The van der Waals surface area contributed by atoms with Crippen LogP contribution in [0.5, 0.6) is 0 Å². The van der Waals surface area contributed by atoms with Gasteiger partial charge < -0.3 is 0 Å². The molecule has 88 valence electrons. The van der Waals surface area contributed by atoms with Crippen molar-refractivity contribution in [1.29, 1.82) is 0 Å². The summed E-state index contributed by atoms with van der Waals surface area (Å²) in [5.41, 5.74) is 1.26. The summed E-state index contributed by atoms with van der Waals surface area (Å²) in [6, 6.07) is 5.97. The summed E-state index contributed by atoms with van der Waals surface area (Å²) in [5.74, 6) is 0.0833. The Morgan fingerprint density at radius 1 is 1.41 bits per heavy atom. The molecule has 0 atom stereocenters. The van der Waals surface area contributed by atoms with Crippen LogP contribution in [0.15, 0.2) is 33.5 Å². The van der Waals surface area contributed by atoms with Crippen LogP contribution < -0.4 is 5.56 Å². The molecule has 3 rings (SSSR count). The molecule has 2 aromatic rings. The topological polar surface area (TPSA) is 37.8 Å². The van der Waals surface area contributed by atoms with Gasteiger partial charge in [0, 0.05) is 5.92 Å². The standard InChI is InChI=1S/C12H10BrFN2O/c13-10-11(7-4-5-7)15-16(12(10)17)9-3-1-2-8(14)6-9/h1-3,6-7,15H,4-5H2. The molecule has 0 saturated heterocycles. The van der Waals surface area contributed by atoms with Gasteiger partial charge >= 0.3 is 0 Å². The van der Waals surface area contributed by atoms with Crippen molar-refractivity contribution in [2.75, 3.05) is 0 Å². The molecule has 17 heavy (non-hydrogen) atoms. The highest BCUT2D eigenvalue weighted by atomic mass is 79.9. The highest BCUT2D eigenvalue weighted by Crippen LogP contribution is 2.41. The number of nitrogens with one attached hydrogen (secondary N) is 1. The van der Waals surface area contributed by atoms with Crippen LogP contribution >= 0.6 is 15.9 Å². The van der Waals surface area contributed by atoms with Crippen LogP contribution in [0.4, 0.5) is 4.39 Å². The monoisotopic (exact) mass is 296 g/mol. The SMILES string of the molecule is O=c1c(Br)c(C2CC2)[nH]n1-c1cccc(F)c1. The second-order valence-electron chi connectivity index (χ2n) is 4.23. The molecule has 3 nitrogen and oxygen atoms in total. The average molecular weight is 297 g/mol. The molecule has 0 amide bonds. The van der Waals surface area contributed by atoms with E-state index in [2.05, 4.69) is 21.0 Å². The van der Waals surface area contributed by atoms with Crippen molar-refractivity contribution in [3.63, 3.8) is 0 Å². The van der Waals surface area contributed by atoms with Gasteiger partial charge in [0.1, 0.15) is 10.3 Å². The minimum Gasteiger partial charge on any atom is -0.294 e. The van der Waals surface area contributed by atoms with Gasteiger partial charge in [-0.2, -0.15) is 0 Å². The van der Waals surface area contributed by atoms with Gasteiger partial charge in [-0.05, 0) is 47.0 Å². The third-order valence-electron chi connectivity index (χ3n) is 2.91. The lowest BCUT2D eigenvalue weighted by atomic mass is 10.3. The molecule has 1 aliphatic rings. The first-order valence-electron chi connectivity index (χ1n) is 5.43. The second-order valence-corrected chi connectivity index (χ2v) is 5.03. The zero-order valence-corrected chi connectivity index (χ0v) is 10.5. The van der Waals surface area contributed by atoms with Crippen LogP contribution in [0.2, 0.25) is 0 Å². The van der Waals surface area contributed by atoms with Gasteiger partial charge in [0.2, 0.25) is 0 Å². The van der Waals surface area contributed by atoms with E-state index in [0.717, 1.165) is 18.5 Å². The number of benzene rings is 1. The Morgan fingerprint density at radius 2 is 2.18 bits per heavy atom. The Balaban J connectivity index is 2.15. The van der Waals surface area contributed by atoms with E-state index in [9.17, 15) is 9.18 Å². The maximum atomic E-state index is 13.1. The average Bonchev–Trinajstić information content (AvgIpc) is 3.09. The van der Waals surface area contributed by atoms with Crippen molar-refractivity contribution in [1.82, 2.24) is 9.78 Å². The Kier molecular flexibility index (Phi) is 2.43. The van der Waals surface area contributed by atoms with E-state index in [-0.39, 0.29) is 11.4 Å². The van der Waals surface area contributed by atoms with E-state index in [1.54, 1.807) is 12.1 Å². The molecule has 0 unspecified atom stereocenters. The summed E-state index contributed by atoms with van der Waals surface area (Å²) >= 11 is 3.30. The molecule has 1 aromatic carbocycles. The number of halogens is 2. The van der Waals surface area contributed by atoms with Crippen molar-refractivity contribution in [2.45, 2.75) is 18.8 Å². The number of aromatic amines is 1. The van der Waals surface area contributed by atoms with E-state index in [0.29, 0.717) is 16.1 Å². The van der Waals surface area contributed by atoms with Crippen molar-refractivity contribution in [3.05, 3.63) is 50.6 Å². The second kappa shape index (κ2) is 3.84. The van der Waals surface area contributed by atoms with E-state index in [1.165, 1.54) is 16.8 Å². The maximum Gasteiger partial charge on any atom is 0.285 e. The first-order chi connectivity index (χ1) is 8.16. The number of H-pyrrole nitrogens is 1. The van der Waals surface area contributed by atoms with Crippen molar-refractivity contribution in [2.24, 2.45) is 0 Å². The summed E-state index contributed by atoms with van der Waals surface area (Å²) in [6.45, 7) is 0. The lowest BCUT2D eigenvalue weighted by Crippen LogP contribution is -2.14. The normalized spacial score (nSPS) is 15.2. The summed E-state index contributed by atoms with van der Waals surface area (Å²) in [7, 11) is 0. The number of hydrogen-bond acceptors (Lipinski definition) is 1. The van der Waals surface area contributed by atoms with Crippen molar-refractivity contribution >= 4 is 15.9 Å². The van der Waals surface area contributed by atoms with E-state index in [4.69, 9.17) is 0 Å². The summed E-state index contributed by atoms with van der Waals surface area (Å²) < 4.78 is 15.1. The Bertz CT molecular complexity index is 628. The highest BCUT2D eigenvalue weighted by molar-refractivity contribution is 9.10. The summed E-state index contributed by atoms with van der Waals surface area (Å²) in [6.07, 6.45) is 2.20. The number of rotatable bonds is 2. The van der Waals surface area contributed by atoms with Gasteiger partial charge in [-0.1, -0.05) is 6.07 Å². The fourth-order valence-electron chi connectivity index (χ4n) is 1.87. The predicted octanol–water partition coefficient (Wildman–Crippen LogP) is 2.94. The fraction of sp³-hybridized carbons (Fsp3) is 0.250. The minimum atomic E-state index is -0.354. The molecule has 1 aromatic heterocycles. The molecule has 1 fully saturated rings. The van der Waals surface area contributed by atoms with E-state index >= 15 is 0 Å². The van der Waals surface area contributed by atoms with Crippen LogP contribution in [0.1, 0.15) is 24.5 Å². The molecule has 1 N–H and O–H groups in total. The van der Waals surface area contributed by atoms with Crippen LogP contribution in [0.3, 0.4) is 0 Å². The molecule has 0 bridgehead atoms. The van der Waals surface area contributed by atoms with Crippen molar-refractivity contribution in [3.8, 4) is 5.69 Å². The number of nitrogens with zero attached hydrogens (tertiary/aromatic N) is 1.